The Morgan fingerprint density at radius 1 is 1.26 bits per heavy atom. The van der Waals surface area contributed by atoms with Crippen molar-refractivity contribution in [2.75, 3.05) is 19.6 Å². The number of piperazine rings is 1. The van der Waals surface area contributed by atoms with Gasteiger partial charge in [-0.1, -0.05) is 44.2 Å². The van der Waals surface area contributed by atoms with Crippen LogP contribution >= 0.6 is 0 Å². The normalized spacial score (nSPS) is 28.5. The van der Waals surface area contributed by atoms with Gasteiger partial charge in [0.2, 0.25) is 0 Å². The summed E-state index contributed by atoms with van der Waals surface area (Å²) in [6.45, 7) is 10.5. The second kappa shape index (κ2) is 6.53. The van der Waals surface area contributed by atoms with Crippen LogP contribution in [0.3, 0.4) is 0 Å². The van der Waals surface area contributed by atoms with Crippen molar-refractivity contribution < 1.29 is 0 Å². The van der Waals surface area contributed by atoms with E-state index in [4.69, 9.17) is 0 Å². The molecule has 2 heteroatoms. The maximum Gasteiger partial charge on any atom is 0.0304 e. The molecule has 0 bridgehead atoms. The molecule has 1 saturated heterocycles. The van der Waals surface area contributed by atoms with E-state index in [9.17, 15) is 0 Å². The maximum atomic E-state index is 3.70. The van der Waals surface area contributed by atoms with Gasteiger partial charge in [-0.05, 0) is 31.7 Å². The van der Waals surface area contributed by atoms with Crippen LogP contribution in [-0.4, -0.2) is 36.1 Å². The number of hydrogen-bond donors (Lipinski definition) is 1. The molecular weight excluding hydrogens is 232 g/mol. The van der Waals surface area contributed by atoms with Gasteiger partial charge in [-0.15, -0.1) is 0 Å². The summed E-state index contributed by atoms with van der Waals surface area (Å²) in [6.07, 6.45) is 3.60. The first-order valence-corrected chi connectivity index (χ1v) is 7.70. The fourth-order valence-electron chi connectivity index (χ4n) is 2.92. The summed E-state index contributed by atoms with van der Waals surface area (Å²) in [4.78, 5) is 2.70. The van der Waals surface area contributed by atoms with Crippen LogP contribution in [0.15, 0.2) is 30.3 Å². The summed E-state index contributed by atoms with van der Waals surface area (Å²) in [5.41, 5.74) is 1.77. The van der Waals surface area contributed by atoms with E-state index in [1.807, 2.05) is 0 Å². The minimum absolute atomic E-state index is 0.320. The van der Waals surface area contributed by atoms with Crippen molar-refractivity contribution in [1.29, 1.82) is 0 Å². The van der Waals surface area contributed by atoms with Crippen LogP contribution in [-0.2, 0) is 6.42 Å². The van der Waals surface area contributed by atoms with Gasteiger partial charge in [0.25, 0.3) is 0 Å². The molecule has 0 amide bonds. The lowest BCUT2D eigenvalue weighted by Crippen LogP contribution is -2.63. The van der Waals surface area contributed by atoms with Gasteiger partial charge in [0.15, 0.2) is 0 Å². The summed E-state index contributed by atoms with van der Waals surface area (Å²) in [5, 5.41) is 3.70. The molecular formula is C17H28N2. The monoisotopic (exact) mass is 260 g/mol. The minimum Gasteiger partial charge on any atom is -0.311 e. The average Bonchev–Trinajstić information content (AvgIpc) is 2.47. The Kier molecular flexibility index (Phi) is 5.00. The lowest BCUT2D eigenvalue weighted by atomic mass is 9.91. The number of nitrogens with one attached hydrogen (secondary N) is 1. The summed E-state index contributed by atoms with van der Waals surface area (Å²) in [6, 6.07) is 11.5. The van der Waals surface area contributed by atoms with Crippen molar-refractivity contribution in [2.24, 2.45) is 0 Å². The van der Waals surface area contributed by atoms with Crippen LogP contribution in [0.2, 0.25) is 0 Å². The topological polar surface area (TPSA) is 15.3 Å². The SMILES string of the molecule is CCC1CN(CCc2ccccc2)C(C)(CC)CN1. The van der Waals surface area contributed by atoms with E-state index in [0.29, 0.717) is 11.6 Å². The molecule has 1 aliphatic rings. The molecule has 106 valence electrons. The van der Waals surface area contributed by atoms with Gasteiger partial charge in [0.05, 0.1) is 0 Å². The lowest BCUT2D eigenvalue weighted by molar-refractivity contribution is 0.0492. The van der Waals surface area contributed by atoms with E-state index in [-0.39, 0.29) is 0 Å². The molecule has 1 aliphatic heterocycles. The lowest BCUT2D eigenvalue weighted by Gasteiger charge is -2.48. The van der Waals surface area contributed by atoms with E-state index >= 15 is 0 Å². The van der Waals surface area contributed by atoms with E-state index in [2.05, 4.69) is 61.3 Å². The predicted molar refractivity (Wildman–Crippen MR) is 82.5 cm³/mol. The smallest absolute Gasteiger partial charge is 0.0304 e. The van der Waals surface area contributed by atoms with Gasteiger partial charge in [0, 0.05) is 31.2 Å². The van der Waals surface area contributed by atoms with Crippen LogP contribution in [0.5, 0.6) is 0 Å². The zero-order valence-electron chi connectivity index (χ0n) is 12.7. The first-order valence-electron chi connectivity index (χ1n) is 7.70. The van der Waals surface area contributed by atoms with E-state index in [1.165, 1.54) is 31.5 Å². The molecule has 1 aromatic rings. The Balaban J connectivity index is 1.98. The third-order valence-corrected chi connectivity index (χ3v) is 4.74. The molecule has 0 aliphatic carbocycles. The molecule has 1 fully saturated rings. The van der Waals surface area contributed by atoms with Gasteiger partial charge in [-0.25, -0.2) is 0 Å². The predicted octanol–water partition coefficient (Wildman–Crippen LogP) is 3.08. The Bertz CT molecular complexity index is 376. The zero-order valence-corrected chi connectivity index (χ0v) is 12.7. The molecule has 19 heavy (non-hydrogen) atoms. The highest BCUT2D eigenvalue weighted by Crippen LogP contribution is 2.23. The van der Waals surface area contributed by atoms with E-state index in [0.717, 1.165) is 13.0 Å². The molecule has 1 aromatic carbocycles. The second-order valence-electron chi connectivity index (χ2n) is 6.02. The largest absolute Gasteiger partial charge is 0.311 e. The van der Waals surface area contributed by atoms with Crippen LogP contribution in [0.4, 0.5) is 0 Å². The summed E-state index contributed by atoms with van der Waals surface area (Å²) < 4.78 is 0. The third-order valence-electron chi connectivity index (χ3n) is 4.74. The van der Waals surface area contributed by atoms with Crippen LogP contribution in [0, 0.1) is 0 Å². The summed E-state index contributed by atoms with van der Waals surface area (Å²) in [5.74, 6) is 0. The van der Waals surface area contributed by atoms with Crippen molar-refractivity contribution in [1.82, 2.24) is 10.2 Å². The molecule has 0 spiro atoms. The molecule has 0 saturated carbocycles. The Morgan fingerprint density at radius 3 is 2.63 bits per heavy atom. The third kappa shape index (κ3) is 3.58. The first-order chi connectivity index (χ1) is 9.18. The van der Waals surface area contributed by atoms with Crippen molar-refractivity contribution >= 4 is 0 Å². The number of rotatable bonds is 5. The average molecular weight is 260 g/mol. The number of benzene rings is 1. The Hall–Kier alpha value is -0.860. The number of nitrogens with zero attached hydrogens (tertiary/aromatic N) is 1. The molecule has 1 heterocycles. The highest BCUT2D eigenvalue weighted by atomic mass is 15.3. The van der Waals surface area contributed by atoms with Crippen LogP contribution < -0.4 is 5.32 Å². The first kappa shape index (κ1) is 14.5. The summed E-state index contributed by atoms with van der Waals surface area (Å²) in [7, 11) is 0. The highest BCUT2D eigenvalue weighted by Gasteiger charge is 2.35. The second-order valence-corrected chi connectivity index (χ2v) is 6.02. The van der Waals surface area contributed by atoms with Crippen molar-refractivity contribution in [3.8, 4) is 0 Å². The maximum absolute atomic E-state index is 3.70. The summed E-state index contributed by atoms with van der Waals surface area (Å²) >= 11 is 0. The molecule has 2 nitrogen and oxygen atoms in total. The molecule has 1 N–H and O–H groups in total. The molecule has 0 radical (unpaired) electrons. The molecule has 2 atom stereocenters. The van der Waals surface area contributed by atoms with Gasteiger partial charge in [-0.2, -0.15) is 0 Å². The quantitative estimate of drug-likeness (QED) is 0.875. The standard InChI is InChI=1S/C17H28N2/c1-4-16-13-19(17(3,5-2)14-18-16)12-11-15-9-7-6-8-10-15/h6-10,16,18H,4-5,11-14H2,1-3H3. The Labute approximate surface area is 118 Å². The number of hydrogen-bond acceptors (Lipinski definition) is 2. The van der Waals surface area contributed by atoms with Crippen molar-refractivity contribution in [3.63, 3.8) is 0 Å². The van der Waals surface area contributed by atoms with Crippen molar-refractivity contribution in [3.05, 3.63) is 35.9 Å². The van der Waals surface area contributed by atoms with Crippen molar-refractivity contribution in [2.45, 2.75) is 51.6 Å². The van der Waals surface area contributed by atoms with E-state index < -0.39 is 0 Å². The van der Waals surface area contributed by atoms with Gasteiger partial charge in [-0.3, -0.25) is 4.90 Å². The van der Waals surface area contributed by atoms with Crippen LogP contribution in [0.1, 0.15) is 39.2 Å². The van der Waals surface area contributed by atoms with Gasteiger partial charge in [0.1, 0.15) is 0 Å². The Morgan fingerprint density at radius 2 is 2.00 bits per heavy atom. The minimum atomic E-state index is 0.320. The molecule has 2 unspecified atom stereocenters. The molecule has 2 rings (SSSR count). The molecule has 0 aromatic heterocycles. The van der Waals surface area contributed by atoms with Crippen LogP contribution in [0.25, 0.3) is 0 Å². The van der Waals surface area contributed by atoms with Gasteiger partial charge >= 0.3 is 0 Å². The van der Waals surface area contributed by atoms with E-state index in [1.54, 1.807) is 0 Å². The highest BCUT2D eigenvalue weighted by molar-refractivity contribution is 5.15. The fourth-order valence-corrected chi connectivity index (χ4v) is 2.92. The van der Waals surface area contributed by atoms with Gasteiger partial charge < -0.3 is 5.32 Å². The fraction of sp³-hybridized carbons (Fsp3) is 0.647. The zero-order chi connectivity index (χ0) is 13.7.